The highest BCUT2D eigenvalue weighted by Crippen LogP contribution is 1.96. The van der Waals surface area contributed by atoms with Crippen LogP contribution in [0.25, 0.3) is 0 Å². The Labute approximate surface area is 53.8 Å². The molecule has 1 heterocycles. The van der Waals surface area contributed by atoms with Crippen LogP contribution < -0.4 is 0 Å². The molecule has 0 spiro atoms. The monoisotopic (exact) mass is 117 g/mol. The first-order chi connectivity index (χ1) is 4.33. The number of nitriles is 1. The molecule has 1 radical (unpaired) electrons. The molecular formula is C7H5N2. The van der Waals surface area contributed by atoms with E-state index in [0.717, 1.165) is 5.56 Å². The van der Waals surface area contributed by atoms with Gasteiger partial charge in [-0.25, -0.2) is 4.98 Å². The molecule has 0 unspecified atom stereocenters. The molecule has 1 aromatic heterocycles. The summed E-state index contributed by atoms with van der Waals surface area (Å²) in [7, 11) is 0. The van der Waals surface area contributed by atoms with Gasteiger partial charge >= 0.3 is 0 Å². The standard InChI is InChI=1S/C7H5N2/c1-6-2-3-9-7(4-6)5-8/h2-4H,1H2. The quantitative estimate of drug-likeness (QED) is 0.510. The van der Waals surface area contributed by atoms with Crippen molar-refractivity contribution in [3.05, 3.63) is 36.5 Å². The van der Waals surface area contributed by atoms with Crippen molar-refractivity contribution in [2.45, 2.75) is 0 Å². The second kappa shape index (κ2) is 2.27. The predicted molar refractivity (Wildman–Crippen MR) is 33.4 cm³/mol. The van der Waals surface area contributed by atoms with Crippen LogP contribution in [0.1, 0.15) is 11.3 Å². The number of rotatable bonds is 0. The van der Waals surface area contributed by atoms with Crippen LogP contribution in [0.3, 0.4) is 0 Å². The number of aromatic nitrogens is 1. The zero-order chi connectivity index (χ0) is 6.69. The highest BCUT2D eigenvalue weighted by molar-refractivity contribution is 5.26. The summed E-state index contributed by atoms with van der Waals surface area (Å²) in [5.41, 5.74) is 1.24. The molecule has 0 aliphatic rings. The highest BCUT2D eigenvalue weighted by atomic mass is 14.7. The van der Waals surface area contributed by atoms with Gasteiger partial charge in [0, 0.05) is 6.20 Å². The average Bonchev–Trinajstić information content (AvgIpc) is 1.88. The maximum Gasteiger partial charge on any atom is 0.140 e. The largest absolute Gasteiger partial charge is 0.246 e. The minimum absolute atomic E-state index is 0.419. The molecule has 0 N–H and O–H groups in total. The highest BCUT2D eigenvalue weighted by Gasteiger charge is 1.87. The third kappa shape index (κ3) is 1.26. The van der Waals surface area contributed by atoms with Crippen molar-refractivity contribution in [1.82, 2.24) is 4.98 Å². The SMILES string of the molecule is [CH2]c1ccnc(C#N)c1. The van der Waals surface area contributed by atoms with Crippen LogP contribution in [-0.4, -0.2) is 4.98 Å². The van der Waals surface area contributed by atoms with Crippen LogP contribution >= 0.6 is 0 Å². The molecule has 0 aliphatic carbocycles. The first-order valence-corrected chi connectivity index (χ1v) is 2.51. The summed E-state index contributed by atoms with van der Waals surface area (Å²) in [6, 6.07) is 5.31. The van der Waals surface area contributed by atoms with E-state index in [4.69, 9.17) is 5.26 Å². The van der Waals surface area contributed by atoms with Gasteiger partial charge in [-0.15, -0.1) is 0 Å². The van der Waals surface area contributed by atoms with E-state index in [1.807, 2.05) is 6.07 Å². The number of pyridine rings is 1. The topological polar surface area (TPSA) is 36.7 Å². The second-order valence-corrected chi connectivity index (χ2v) is 1.66. The van der Waals surface area contributed by atoms with E-state index in [0.29, 0.717) is 5.69 Å². The summed E-state index contributed by atoms with van der Waals surface area (Å²) in [5, 5.41) is 8.32. The lowest BCUT2D eigenvalue weighted by Crippen LogP contribution is -1.80. The lowest BCUT2D eigenvalue weighted by Gasteiger charge is -1.87. The summed E-state index contributed by atoms with van der Waals surface area (Å²) in [5.74, 6) is 0. The molecule has 0 aromatic carbocycles. The van der Waals surface area contributed by atoms with Crippen molar-refractivity contribution in [2.24, 2.45) is 0 Å². The Morgan fingerprint density at radius 1 is 1.67 bits per heavy atom. The fourth-order valence-corrected chi connectivity index (χ4v) is 0.535. The fraction of sp³-hybridized carbons (Fsp3) is 0. The molecule has 0 saturated heterocycles. The van der Waals surface area contributed by atoms with E-state index < -0.39 is 0 Å². The molecule has 2 nitrogen and oxygen atoms in total. The van der Waals surface area contributed by atoms with Gasteiger partial charge in [0.15, 0.2) is 0 Å². The Hall–Kier alpha value is -1.36. The van der Waals surface area contributed by atoms with E-state index in [1.165, 1.54) is 0 Å². The minimum atomic E-state index is 0.419. The lowest BCUT2D eigenvalue weighted by atomic mass is 10.2. The molecule has 0 aliphatic heterocycles. The first kappa shape index (κ1) is 5.77. The van der Waals surface area contributed by atoms with Gasteiger partial charge in [-0.05, 0) is 24.6 Å². The zero-order valence-electron chi connectivity index (χ0n) is 4.83. The van der Waals surface area contributed by atoms with E-state index in [2.05, 4.69) is 11.9 Å². The van der Waals surface area contributed by atoms with Crippen LogP contribution in [-0.2, 0) is 0 Å². The van der Waals surface area contributed by atoms with E-state index >= 15 is 0 Å². The van der Waals surface area contributed by atoms with Crippen molar-refractivity contribution in [3.63, 3.8) is 0 Å². The molecule has 1 aromatic rings. The third-order valence-corrected chi connectivity index (χ3v) is 0.939. The summed E-state index contributed by atoms with van der Waals surface area (Å²) in [4.78, 5) is 3.76. The summed E-state index contributed by atoms with van der Waals surface area (Å²) in [6.07, 6.45) is 1.57. The Morgan fingerprint density at radius 2 is 2.44 bits per heavy atom. The van der Waals surface area contributed by atoms with Gasteiger partial charge in [-0.1, -0.05) is 0 Å². The van der Waals surface area contributed by atoms with Gasteiger partial charge in [-0.2, -0.15) is 5.26 Å². The maximum absolute atomic E-state index is 8.32. The predicted octanol–water partition coefficient (Wildman–Crippen LogP) is 1.14. The smallest absolute Gasteiger partial charge is 0.140 e. The van der Waals surface area contributed by atoms with Crippen molar-refractivity contribution in [1.29, 1.82) is 5.26 Å². The van der Waals surface area contributed by atoms with Crippen molar-refractivity contribution in [3.8, 4) is 6.07 Å². The first-order valence-electron chi connectivity index (χ1n) is 2.51. The molecule has 0 bridgehead atoms. The van der Waals surface area contributed by atoms with Crippen LogP contribution in [0.2, 0.25) is 0 Å². The molecule has 9 heavy (non-hydrogen) atoms. The minimum Gasteiger partial charge on any atom is -0.246 e. The van der Waals surface area contributed by atoms with Crippen molar-refractivity contribution < 1.29 is 0 Å². The molecule has 1 rings (SSSR count). The third-order valence-electron chi connectivity index (χ3n) is 0.939. The van der Waals surface area contributed by atoms with Crippen molar-refractivity contribution >= 4 is 0 Å². The summed E-state index contributed by atoms with van der Waals surface area (Å²) in [6.45, 7) is 3.64. The zero-order valence-corrected chi connectivity index (χ0v) is 4.83. The number of hydrogen-bond acceptors (Lipinski definition) is 2. The van der Waals surface area contributed by atoms with Gasteiger partial charge in [0.25, 0.3) is 0 Å². The van der Waals surface area contributed by atoms with Gasteiger partial charge in [0.05, 0.1) is 0 Å². The van der Waals surface area contributed by atoms with E-state index in [1.54, 1.807) is 18.3 Å². The normalized spacial score (nSPS) is 8.44. The number of hydrogen-bond donors (Lipinski definition) is 0. The Kier molecular flexibility index (Phi) is 1.46. The maximum atomic E-state index is 8.32. The Morgan fingerprint density at radius 3 is 2.89 bits per heavy atom. The molecule has 0 fully saturated rings. The molecular weight excluding hydrogens is 112 g/mol. The van der Waals surface area contributed by atoms with Gasteiger partial charge in [0.1, 0.15) is 11.8 Å². The van der Waals surface area contributed by atoms with Crippen LogP contribution in [0.15, 0.2) is 18.3 Å². The summed E-state index contributed by atoms with van der Waals surface area (Å²) >= 11 is 0. The molecule has 43 valence electrons. The van der Waals surface area contributed by atoms with Crippen LogP contribution in [0.5, 0.6) is 0 Å². The molecule has 0 amide bonds. The Bertz CT molecular complexity index is 247. The number of nitrogens with zero attached hydrogens (tertiary/aromatic N) is 2. The molecule has 0 atom stereocenters. The molecule has 0 saturated carbocycles. The summed E-state index contributed by atoms with van der Waals surface area (Å²) < 4.78 is 0. The Balaban J connectivity index is 3.12. The second-order valence-electron chi connectivity index (χ2n) is 1.66. The van der Waals surface area contributed by atoms with Gasteiger partial charge in [-0.3, -0.25) is 0 Å². The van der Waals surface area contributed by atoms with Crippen LogP contribution in [0, 0.1) is 18.3 Å². The molecule has 2 heteroatoms. The van der Waals surface area contributed by atoms with Gasteiger partial charge in [0.2, 0.25) is 0 Å². The fourth-order valence-electron chi connectivity index (χ4n) is 0.535. The van der Waals surface area contributed by atoms with E-state index in [9.17, 15) is 0 Å². The van der Waals surface area contributed by atoms with E-state index in [-0.39, 0.29) is 0 Å². The lowest BCUT2D eigenvalue weighted by molar-refractivity contribution is 1.25. The average molecular weight is 117 g/mol. The van der Waals surface area contributed by atoms with Gasteiger partial charge < -0.3 is 0 Å². The van der Waals surface area contributed by atoms with Crippen LogP contribution in [0.4, 0.5) is 0 Å². The van der Waals surface area contributed by atoms with Crippen molar-refractivity contribution in [2.75, 3.05) is 0 Å².